The Morgan fingerprint density at radius 3 is 2.38 bits per heavy atom. The van der Waals surface area contributed by atoms with E-state index >= 15 is 0 Å². The molecule has 3 aromatic rings. The maximum atomic E-state index is 13.0. The molecule has 0 unspecified atom stereocenters. The normalized spacial score (nSPS) is 14.6. The predicted molar refractivity (Wildman–Crippen MR) is 111 cm³/mol. The minimum Gasteiger partial charge on any atom is -0.476 e. The highest BCUT2D eigenvalue weighted by atomic mass is 79.9. The van der Waals surface area contributed by atoms with E-state index in [9.17, 15) is 18.3 Å². The average Bonchev–Trinajstić information content (AvgIpc) is 3.08. The predicted octanol–water partition coefficient (Wildman–Crippen LogP) is 3.39. The molecule has 2 aromatic carbocycles. The van der Waals surface area contributed by atoms with E-state index in [2.05, 4.69) is 21.0 Å². The number of hydrogen-bond donors (Lipinski definition) is 1. The molecular weight excluding hydrogens is 458 g/mol. The van der Waals surface area contributed by atoms with Crippen LogP contribution in [-0.2, 0) is 23.0 Å². The third-order valence-corrected chi connectivity index (χ3v) is 7.34. The standard InChI is InChI=1S/C20H18BrN3O4S/c1-13-2-8-16(9-3-13)29(27,28)23-11-10-18-17(12-23)19(20(25)26)22-24(18)15-6-4-14(21)5-7-15/h2-9H,10-12H2,1H3,(H,25,26). The number of carboxylic acids is 1. The van der Waals surface area contributed by atoms with Gasteiger partial charge in [0, 0.05) is 29.5 Å². The van der Waals surface area contributed by atoms with Gasteiger partial charge in [0.2, 0.25) is 10.0 Å². The number of carboxylic acid groups (broad SMARTS) is 1. The lowest BCUT2D eigenvalue weighted by Crippen LogP contribution is -2.36. The summed E-state index contributed by atoms with van der Waals surface area (Å²) in [5.74, 6) is -1.17. The van der Waals surface area contributed by atoms with Crippen LogP contribution < -0.4 is 0 Å². The molecule has 0 aliphatic carbocycles. The minimum atomic E-state index is -3.73. The van der Waals surface area contributed by atoms with Gasteiger partial charge in [0.05, 0.1) is 16.3 Å². The van der Waals surface area contributed by atoms with Crippen LogP contribution in [0.2, 0.25) is 0 Å². The fourth-order valence-corrected chi connectivity index (χ4v) is 5.10. The van der Waals surface area contributed by atoms with Gasteiger partial charge in [-0.2, -0.15) is 9.40 Å². The number of nitrogens with zero attached hydrogens (tertiary/aromatic N) is 3. The van der Waals surface area contributed by atoms with Crippen LogP contribution >= 0.6 is 15.9 Å². The smallest absolute Gasteiger partial charge is 0.356 e. The molecule has 0 amide bonds. The molecule has 1 aromatic heterocycles. The van der Waals surface area contributed by atoms with Crippen molar-refractivity contribution in [3.05, 3.63) is 75.5 Å². The second-order valence-electron chi connectivity index (χ2n) is 6.87. The highest BCUT2D eigenvalue weighted by Crippen LogP contribution is 2.29. The van der Waals surface area contributed by atoms with Crippen molar-refractivity contribution in [1.82, 2.24) is 14.1 Å². The number of rotatable bonds is 4. The van der Waals surface area contributed by atoms with E-state index in [1.807, 2.05) is 31.2 Å². The Kier molecular flexibility index (Phi) is 5.05. The molecule has 9 heteroatoms. The number of aromatic nitrogens is 2. The number of fused-ring (bicyclic) bond motifs is 1. The summed E-state index contributed by atoms with van der Waals surface area (Å²) < 4.78 is 29.9. The maximum Gasteiger partial charge on any atom is 0.356 e. The molecule has 1 N–H and O–H groups in total. The fourth-order valence-electron chi connectivity index (χ4n) is 3.43. The molecule has 0 saturated heterocycles. The van der Waals surface area contributed by atoms with E-state index in [0.717, 1.165) is 21.4 Å². The van der Waals surface area contributed by atoms with Crippen LogP contribution in [0.1, 0.15) is 27.3 Å². The number of benzene rings is 2. The highest BCUT2D eigenvalue weighted by Gasteiger charge is 2.34. The zero-order valence-electron chi connectivity index (χ0n) is 15.5. The lowest BCUT2D eigenvalue weighted by Gasteiger charge is -2.27. The lowest BCUT2D eigenvalue weighted by atomic mass is 10.1. The number of halogens is 1. The molecule has 0 spiro atoms. The Hall–Kier alpha value is -2.49. The van der Waals surface area contributed by atoms with Crippen LogP contribution in [0.5, 0.6) is 0 Å². The summed E-state index contributed by atoms with van der Waals surface area (Å²) in [6, 6.07) is 14.0. The minimum absolute atomic E-state index is 0.0241. The topological polar surface area (TPSA) is 92.5 Å². The lowest BCUT2D eigenvalue weighted by molar-refractivity contribution is 0.0688. The first kappa shape index (κ1) is 19.8. The summed E-state index contributed by atoms with van der Waals surface area (Å²) >= 11 is 3.38. The third kappa shape index (κ3) is 3.61. The molecule has 0 saturated carbocycles. The first-order chi connectivity index (χ1) is 13.8. The Morgan fingerprint density at radius 2 is 1.76 bits per heavy atom. The van der Waals surface area contributed by atoms with Gasteiger partial charge >= 0.3 is 5.97 Å². The Balaban J connectivity index is 1.75. The van der Waals surface area contributed by atoms with Crippen LogP contribution in [0.3, 0.4) is 0 Å². The van der Waals surface area contributed by atoms with Crippen molar-refractivity contribution in [2.45, 2.75) is 24.8 Å². The molecule has 0 bridgehead atoms. The van der Waals surface area contributed by atoms with Crippen molar-refractivity contribution in [2.75, 3.05) is 6.54 Å². The first-order valence-electron chi connectivity index (χ1n) is 8.94. The van der Waals surface area contributed by atoms with Gasteiger partial charge in [-0.3, -0.25) is 0 Å². The number of hydrogen-bond acceptors (Lipinski definition) is 4. The number of aryl methyl sites for hydroxylation is 1. The largest absolute Gasteiger partial charge is 0.476 e. The molecule has 0 atom stereocenters. The van der Waals surface area contributed by atoms with Crippen LogP contribution in [-0.4, -0.2) is 40.1 Å². The van der Waals surface area contributed by atoms with Gasteiger partial charge in [0.15, 0.2) is 5.69 Å². The van der Waals surface area contributed by atoms with Gasteiger partial charge in [0.25, 0.3) is 0 Å². The van der Waals surface area contributed by atoms with E-state index in [4.69, 9.17) is 0 Å². The van der Waals surface area contributed by atoms with Crippen LogP contribution in [0.15, 0.2) is 57.9 Å². The number of aromatic carboxylic acids is 1. The maximum absolute atomic E-state index is 13.0. The summed E-state index contributed by atoms with van der Waals surface area (Å²) in [6.07, 6.45) is 0.372. The molecule has 2 heterocycles. The van der Waals surface area contributed by atoms with Crippen molar-refractivity contribution >= 4 is 31.9 Å². The van der Waals surface area contributed by atoms with Gasteiger partial charge in [-0.1, -0.05) is 33.6 Å². The molecule has 0 radical (unpaired) electrons. The SMILES string of the molecule is Cc1ccc(S(=O)(=O)N2CCc3c(c(C(=O)O)nn3-c3ccc(Br)cc3)C2)cc1. The third-order valence-electron chi connectivity index (χ3n) is 4.95. The zero-order chi connectivity index (χ0) is 20.8. The molecule has 29 heavy (non-hydrogen) atoms. The highest BCUT2D eigenvalue weighted by molar-refractivity contribution is 9.10. The van der Waals surface area contributed by atoms with Crippen molar-refractivity contribution in [3.63, 3.8) is 0 Å². The van der Waals surface area contributed by atoms with Crippen molar-refractivity contribution in [1.29, 1.82) is 0 Å². The summed E-state index contributed by atoms with van der Waals surface area (Å²) in [7, 11) is -3.73. The second kappa shape index (κ2) is 7.40. The van der Waals surface area contributed by atoms with E-state index in [-0.39, 0.29) is 23.7 Å². The van der Waals surface area contributed by atoms with Gasteiger partial charge < -0.3 is 5.11 Å². The summed E-state index contributed by atoms with van der Waals surface area (Å²) in [5, 5.41) is 13.9. The van der Waals surface area contributed by atoms with Gasteiger partial charge in [-0.25, -0.2) is 17.9 Å². The number of carbonyl (C=O) groups is 1. The van der Waals surface area contributed by atoms with Crippen LogP contribution in [0.25, 0.3) is 5.69 Å². The molecular formula is C20H18BrN3O4S. The Labute approximate surface area is 176 Å². The molecule has 7 nitrogen and oxygen atoms in total. The molecule has 150 valence electrons. The fraction of sp³-hybridized carbons (Fsp3) is 0.200. The summed E-state index contributed by atoms with van der Waals surface area (Å²) in [6.45, 7) is 2.12. The van der Waals surface area contributed by atoms with Crippen LogP contribution in [0, 0.1) is 6.92 Å². The van der Waals surface area contributed by atoms with E-state index in [0.29, 0.717) is 12.0 Å². The Bertz CT molecular complexity index is 1190. The monoisotopic (exact) mass is 475 g/mol. The number of sulfonamides is 1. The van der Waals surface area contributed by atoms with Crippen molar-refractivity contribution < 1.29 is 18.3 Å². The first-order valence-corrected chi connectivity index (χ1v) is 11.2. The molecule has 1 aliphatic heterocycles. The quantitative estimate of drug-likeness (QED) is 0.624. The molecule has 4 rings (SSSR count). The average molecular weight is 476 g/mol. The second-order valence-corrected chi connectivity index (χ2v) is 9.72. The zero-order valence-corrected chi connectivity index (χ0v) is 17.9. The van der Waals surface area contributed by atoms with E-state index in [1.165, 1.54) is 4.31 Å². The van der Waals surface area contributed by atoms with Crippen molar-refractivity contribution in [2.24, 2.45) is 0 Å². The molecule has 0 fully saturated rings. The van der Waals surface area contributed by atoms with Gasteiger partial charge in [0.1, 0.15) is 0 Å². The van der Waals surface area contributed by atoms with E-state index in [1.54, 1.807) is 28.9 Å². The van der Waals surface area contributed by atoms with Gasteiger partial charge in [-0.05, 0) is 43.3 Å². The summed E-state index contributed by atoms with van der Waals surface area (Å²) in [5.41, 5.74) is 2.73. The van der Waals surface area contributed by atoms with E-state index < -0.39 is 16.0 Å². The van der Waals surface area contributed by atoms with Gasteiger partial charge in [-0.15, -0.1) is 0 Å². The van der Waals surface area contributed by atoms with Crippen LogP contribution in [0.4, 0.5) is 0 Å². The molecule has 1 aliphatic rings. The van der Waals surface area contributed by atoms with Crippen molar-refractivity contribution in [3.8, 4) is 5.69 Å². The summed E-state index contributed by atoms with van der Waals surface area (Å²) in [4.78, 5) is 12.0. The Morgan fingerprint density at radius 1 is 1.10 bits per heavy atom.